The highest BCUT2D eigenvalue weighted by Gasteiger charge is 2.07. The van der Waals surface area contributed by atoms with E-state index in [4.69, 9.17) is 5.90 Å². The number of rotatable bonds is 4. The highest BCUT2D eigenvalue weighted by atomic mass is 19.1. The first-order valence-electron chi connectivity index (χ1n) is 4.42. The number of benzene rings is 1. The molecule has 0 radical (unpaired) electrons. The second-order valence-electron chi connectivity index (χ2n) is 3.12. The van der Waals surface area contributed by atoms with Crippen LogP contribution in [0.1, 0.15) is 24.2 Å². The molecule has 0 saturated heterocycles. The van der Waals surface area contributed by atoms with Crippen LogP contribution in [0.3, 0.4) is 0 Å². The van der Waals surface area contributed by atoms with Crippen molar-refractivity contribution >= 4 is 0 Å². The molecule has 4 heteroatoms. The number of aromatic hydroxyl groups is 1. The largest absolute Gasteiger partial charge is 0.508 e. The Balaban J connectivity index is 2.85. The van der Waals surface area contributed by atoms with Crippen molar-refractivity contribution < 1.29 is 14.3 Å². The van der Waals surface area contributed by atoms with Gasteiger partial charge in [-0.15, -0.1) is 0 Å². The number of hydrogen-bond acceptors (Lipinski definition) is 3. The van der Waals surface area contributed by atoms with Crippen LogP contribution in [0.4, 0.5) is 4.39 Å². The summed E-state index contributed by atoms with van der Waals surface area (Å²) in [6.45, 7) is 1.76. The summed E-state index contributed by atoms with van der Waals surface area (Å²) in [5.74, 6) is 5.01. The van der Waals surface area contributed by atoms with E-state index in [0.717, 1.165) is 0 Å². The summed E-state index contributed by atoms with van der Waals surface area (Å²) >= 11 is 0. The van der Waals surface area contributed by atoms with Crippen LogP contribution in [-0.4, -0.2) is 11.7 Å². The molecule has 0 aliphatic rings. The van der Waals surface area contributed by atoms with Gasteiger partial charge in [0.1, 0.15) is 11.9 Å². The molecule has 3 N–H and O–H groups in total. The zero-order valence-corrected chi connectivity index (χ0v) is 8.03. The summed E-state index contributed by atoms with van der Waals surface area (Å²) in [7, 11) is 0. The fraction of sp³-hybridized carbons (Fsp3) is 0.400. The van der Waals surface area contributed by atoms with Crippen molar-refractivity contribution in [2.75, 3.05) is 6.61 Å². The Morgan fingerprint density at radius 3 is 2.86 bits per heavy atom. The van der Waals surface area contributed by atoms with Crippen molar-refractivity contribution in [3.8, 4) is 5.75 Å². The highest BCUT2D eigenvalue weighted by molar-refractivity contribution is 5.37. The van der Waals surface area contributed by atoms with Gasteiger partial charge in [0.2, 0.25) is 0 Å². The van der Waals surface area contributed by atoms with Gasteiger partial charge in [-0.05, 0) is 30.2 Å². The third kappa shape index (κ3) is 2.68. The maximum atomic E-state index is 12.9. The first-order chi connectivity index (χ1) is 6.65. The molecule has 0 saturated carbocycles. The number of phenols is 1. The lowest BCUT2D eigenvalue weighted by Crippen LogP contribution is -2.04. The lowest BCUT2D eigenvalue weighted by Gasteiger charge is -2.07. The van der Waals surface area contributed by atoms with Crippen molar-refractivity contribution in [3.05, 3.63) is 29.3 Å². The fourth-order valence-corrected chi connectivity index (χ4v) is 1.22. The molecular formula is C10H14FNO2. The second-order valence-corrected chi connectivity index (χ2v) is 3.12. The van der Waals surface area contributed by atoms with Gasteiger partial charge < -0.3 is 9.94 Å². The molecule has 3 nitrogen and oxygen atoms in total. The number of phenolic OH excluding ortho intramolecular Hbond substituents is 1. The van der Waals surface area contributed by atoms with Crippen molar-refractivity contribution in [1.82, 2.24) is 0 Å². The molecule has 0 aromatic heterocycles. The third-order valence-corrected chi connectivity index (χ3v) is 2.05. The summed E-state index contributed by atoms with van der Waals surface area (Å²) in [4.78, 5) is 4.40. The molecule has 0 spiro atoms. The molecule has 0 heterocycles. The predicted octanol–water partition coefficient (Wildman–Crippen LogP) is 1.86. The monoisotopic (exact) mass is 199 g/mol. The van der Waals surface area contributed by atoms with Crippen LogP contribution in [0.15, 0.2) is 18.2 Å². The van der Waals surface area contributed by atoms with E-state index in [0.29, 0.717) is 24.2 Å². The molecule has 1 aromatic carbocycles. The number of alkyl halides is 1. The summed E-state index contributed by atoms with van der Waals surface area (Å²) in [6, 6.07) is 4.67. The van der Waals surface area contributed by atoms with Crippen molar-refractivity contribution in [2.45, 2.75) is 19.5 Å². The van der Waals surface area contributed by atoms with E-state index in [-0.39, 0.29) is 5.75 Å². The van der Waals surface area contributed by atoms with E-state index in [9.17, 15) is 9.50 Å². The first kappa shape index (κ1) is 10.9. The number of halogens is 1. The molecule has 78 valence electrons. The molecule has 0 aliphatic heterocycles. The van der Waals surface area contributed by atoms with Crippen molar-refractivity contribution in [3.63, 3.8) is 0 Å². The Labute approximate surface area is 82.3 Å². The van der Waals surface area contributed by atoms with E-state index < -0.39 is 6.17 Å². The van der Waals surface area contributed by atoms with Gasteiger partial charge in [0.25, 0.3) is 0 Å². The lowest BCUT2D eigenvalue weighted by atomic mass is 10.0. The van der Waals surface area contributed by atoms with Crippen molar-refractivity contribution in [2.24, 2.45) is 5.90 Å². The van der Waals surface area contributed by atoms with Gasteiger partial charge in [-0.2, -0.15) is 0 Å². The van der Waals surface area contributed by atoms with Crippen LogP contribution in [0, 0.1) is 0 Å². The van der Waals surface area contributed by atoms with Gasteiger partial charge in [0.05, 0.1) is 6.61 Å². The Morgan fingerprint density at radius 1 is 1.57 bits per heavy atom. The summed E-state index contributed by atoms with van der Waals surface area (Å²) < 4.78 is 12.9. The number of nitrogens with two attached hydrogens (primary N) is 1. The lowest BCUT2D eigenvalue weighted by molar-refractivity contribution is 0.140. The molecule has 0 aliphatic carbocycles. The maximum Gasteiger partial charge on any atom is 0.122 e. The molecule has 1 unspecified atom stereocenters. The normalized spacial score (nSPS) is 12.8. The third-order valence-electron chi connectivity index (χ3n) is 2.05. The second kappa shape index (κ2) is 4.93. The van der Waals surface area contributed by atoms with E-state index in [1.165, 1.54) is 13.0 Å². The molecule has 14 heavy (non-hydrogen) atoms. The molecule has 1 aromatic rings. The van der Waals surface area contributed by atoms with Gasteiger partial charge in [-0.3, -0.25) is 0 Å². The van der Waals surface area contributed by atoms with Crippen LogP contribution in [0.5, 0.6) is 5.75 Å². The van der Waals surface area contributed by atoms with Crippen LogP contribution in [0.2, 0.25) is 0 Å². The van der Waals surface area contributed by atoms with E-state index in [2.05, 4.69) is 4.84 Å². The smallest absolute Gasteiger partial charge is 0.122 e. The van der Waals surface area contributed by atoms with E-state index >= 15 is 0 Å². The molecule has 0 amide bonds. The van der Waals surface area contributed by atoms with Crippen LogP contribution in [0.25, 0.3) is 0 Å². The summed E-state index contributed by atoms with van der Waals surface area (Å²) in [5, 5.41) is 9.42. The Morgan fingerprint density at radius 2 is 2.29 bits per heavy atom. The average Bonchev–Trinajstić information content (AvgIpc) is 2.16. The topological polar surface area (TPSA) is 55.5 Å². The highest BCUT2D eigenvalue weighted by Crippen LogP contribution is 2.24. The van der Waals surface area contributed by atoms with Crippen LogP contribution >= 0.6 is 0 Å². The van der Waals surface area contributed by atoms with Gasteiger partial charge in [0.15, 0.2) is 0 Å². The standard InChI is InChI=1S/C10H14FNO2/c1-7(11)8-2-3-10(13)9(6-8)4-5-14-12/h2-3,6-7,13H,4-5,12H2,1H3. The summed E-state index contributed by atoms with van der Waals surface area (Å²) in [6.07, 6.45) is -0.559. The minimum Gasteiger partial charge on any atom is -0.508 e. The minimum atomic E-state index is -1.03. The molecule has 1 rings (SSSR count). The maximum absolute atomic E-state index is 12.9. The van der Waals surface area contributed by atoms with Crippen LogP contribution in [-0.2, 0) is 11.3 Å². The van der Waals surface area contributed by atoms with E-state index in [1.807, 2.05) is 0 Å². The average molecular weight is 199 g/mol. The molecule has 1 atom stereocenters. The van der Waals surface area contributed by atoms with E-state index in [1.54, 1.807) is 12.1 Å². The molecular weight excluding hydrogens is 185 g/mol. The zero-order valence-electron chi connectivity index (χ0n) is 8.03. The Hall–Kier alpha value is -1.13. The zero-order chi connectivity index (χ0) is 10.6. The predicted molar refractivity (Wildman–Crippen MR) is 51.5 cm³/mol. The Bertz CT molecular complexity index is 302. The quantitative estimate of drug-likeness (QED) is 0.727. The van der Waals surface area contributed by atoms with Gasteiger partial charge in [-0.25, -0.2) is 10.3 Å². The fourth-order valence-electron chi connectivity index (χ4n) is 1.22. The van der Waals surface area contributed by atoms with Crippen LogP contribution < -0.4 is 5.90 Å². The minimum absolute atomic E-state index is 0.145. The first-order valence-corrected chi connectivity index (χ1v) is 4.42. The molecule has 0 bridgehead atoms. The van der Waals surface area contributed by atoms with Gasteiger partial charge in [0, 0.05) is 6.42 Å². The van der Waals surface area contributed by atoms with Crippen molar-refractivity contribution in [1.29, 1.82) is 0 Å². The Kier molecular flexibility index (Phi) is 3.85. The number of hydrogen-bond donors (Lipinski definition) is 2. The summed E-state index contributed by atoms with van der Waals surface area (Å²) in [5.41, 5.74) is 1.20. The SMILES string of the molecule is CC(F)c1ccc(O)c(CCON)c1. The van der Waals surface area contributed by atoms with Gasteiger partial charge in [-0.1, -0.05) is 6.07 Å². The molecule has 0 fully saturated rings. The van der Waals surface area contributed by atoms with Gasteiger partial charge >= 0.3 is 0 Å².